The Bertz CT molecular complexity index is 866. The van der Waals surface area contributed by atoms with Crippen molar-refractivity contribution in [3.8, 4) is 0 Å². The zero-order valence-corrected chi connectivity index (χ0v) is 14.7. The molecule has 3 rings (SSSR count). The van der Waals surface area contributed by atoms with Gasteiger partial charge in [0, 0.05) is 30.8 Å². The largest absolute Gasteiger partial charge is 0.480 e. The second kappa shape index (κ2) is 7.17. The molecule has 1 aromatic carbocycles. The van der Waals surface area contributed by atoms with Crippen LogP contribution < -0.4 is 5.32 Å². The molecule has 2 aromatic rings. The third-order valence-corrected chi connectivity index (χ3v) is 4.54. The summed E-state index contributed by atoms with van der Waals surface area (Å²) in [5.41, 5.74) is 0.780. The van der Waals surface area contributed by atoms with Gasteiger partial charge in [0.2, 0.25) is 11.8 Å². The number of benzene rings is 1. The van der Waals surface area contributed by atoms with Crippen LogP contribution in [0.1, 0.15) is 18.0 Å². The number of hydrogen-bond acceptors (Lipinski definition) is 4. The van der Waals surface area contributed by atoms with E-state index in [-0.39, 0.29) is 30.6 Å². The van der Waals surface area contributed by atoms with Crippen LogP contribution in [0.25, 0.3) is 0 Å². The highest BCUT2D eigenvalue weighted by Gasteiger charge is 2.42. The van der Waals surface area contributed by atoms with Crippen molar-refractivity contribution in [1.82, 2.24) is 14.7 Å². The zero-order chi connectivity index (χ0) is 18.8. The molecule has 2 amide bonds. The summed E-state index contributed by atoms with van der Waals surface area (Å²) in [4.78, 5) is 37.1. The average Bonchev–Trinajstić information content (AvgIpc) is 3.11. The Morgan fingerprint density at radius 1 is 1.38 bits per heavy atom. The van der Waals surface area contributed by atoms with E-state index >= 15 is 0 Å². The van der Waals surface area contributed by atoms with Gasteiger partial charge in [0.15, 0.2) is 5.82 Å². The minimum Gasteiger partial charge on any atom is -0.480 e. The topological polar surface area (TPSA) is 105 Å². The van der Waals surface area contributed by atoms with Crippen molar-refractivity contribution in [1.29, 1.82) is 0 Å². The van der Waals surface area contributed by atoms with Crippen molar-refractivity contribution in [2.45, 2.75) is 19.0 Å². The normalized spacial score (nSPS) is 19.6. The molecule has 26 heavy (non-hydrogen) atoms. The number of hydrogen-bond donors (Lipinski definition) is 2. The van der Waals surface area contributed by atoms with Crippen molar-refractivity contribution in [2.24, 2.45) is 5.92 Å². The van der Waals surface area contributed by atoms with Gasteiger partial charge in [-0.15, -0.1) is 0 Å². The first-order valence-electron chi connectivity index (χ1n) is 7.92. The van der Waals surface area contributed by atoms with Gasteiger partial charge in [-0.05, 0) is 17.7 Å². The molecule has 0 bridgehead atoms. The molecule has 1 fully saturated rings. The molecule has 136 valence electrons. The predicted molar refractivity (Wildman–Crippen MR) is 93.6 cm³/mol. The maximum atomic E-state index is 12.7. The first-order valence-corrected chi connectivity index (χ1v) is 8.30. The second-order valence-electron chi connectivity index (χ2n) is 6.10. The number of carbonyl (C=O) groups excluding carboxylic acids is 2. The van der Waals surface area contributed by atoms with E-state index in [0.717, 1.165) is 5.56 Å². The van der Waals surface area contributed by atoms with Crippen LogP contribution in [0.15, 0.2) is 36.5 Å². The van der Waals surface area contributed by atoms with E-state index in [4.69, 9.17) is 16.7 Å². The van der Waals surface area contributed by atoms with Gasteiger partial charge >= 0.3 is 5.97 Å². The van der Waals surface area contributed by atoms with Gasteiger partial charge in [0.25, 0.3) is 0 Å². The summed E-state index contributed by atoms with van der Waals surface area (Å²) in [6.45, 7) is -0.300. The third-order valence-electron chi connectivity index (χ3n) is 4.30. The fraction of sp³-hybridized carbons (Fsp3) is 0.294. The molecule has 0 radical (unpaired) electrons. The van der Waals surface area contributed by atoms with Crippen LogP contribution in [0, 0.1) is 5.92 Å². The van der Waals surface area contributed by atoms with E-state index in [9.17, 15) is 14.4 Å². The number of carboxylic acids is 1. The monoisotopic (exact) mass is 376 g/mol. The van der Waals surface area contributed by atoms with Crippen LogP contribution >= 0.6 is 11.6 Å². The number of likely N-dealkylation sites (tertiary alicyclic amines) is 1. The molecule has 2 heterocycles. The fourth-order valence-corrected chi connectivity index (χ4v) is 3.32. The van der Waals surface area contributed by atoms with E-state index in [1.165, 1.54) is 16.9 Å². The molecule has 0 saturated carbocycles. The molecule has 2 unspecified atom stereocenters. The number of halogens is 1. The number of amides is 2. The van der Waals surface area contributed by atoms with E-state index in [1.54, 1.807) is 30.1 Å². The molecular formula is C17H17ClN4O4. The standard InChI is InChI=1S/C17H17ClN4O4/c1-21-14(23)8-12(16(21)10-3-2-4-11(18)7-10)17(26)19-13-5-6-22(20-13)9-15(24)25/h2-7,12,16H,8-9H2,1H3,(H,24,25)(H,19,20,26). The minimum absolute atomic E-state index is 0.0787. The predicted octanol–water partition coefficient (Wildman–Crippen LogP) is 1.78. The van der Waals surface area contributed by atoms with E-state index in [2.05, 4.69) is 10.4 Å². The SMILES string of the molecule is CN1C(=O)CC(C(=O)Nc2ccn(CC(=O)O)n2)C1c1cccc(Cl)c1. The number of carbonyl (C=O) groups is 3. The van der Waals surface area contributed by atoms with Crippen molar-refractivity contribution in [3.05, 3.63) is 47.1 Å². The van der Waals surface area contributed by atoms with Crippen molar-refractivity contribution in [3.63, 3.8) is 0 Å². The van der Waals surface area contributed by atoms with Gasteiger partial charge in [-0.1, -0.05) is 23.7 Å². The Balaban J connectivity index is 1.79. The Labute approximate surface area is 154 Å². The van der Waals surface area contributed by atoms with Crippen molar-refractivity contribution >= 4 is 35.2 Å². The second-order valence-corrected chi connectivity index (χ2v) is 6.53. The molecule has 0 spiro atoms. The van der Waals surface area contributed by atoms with Crippen LogP contribution in [0.3, 0.4) is 0 Å². The molecule has 1 aliphatic rings. The number of aliphatic carboxylic acids is 1. The highest BCUT2D eigenvalue weighted by Crippen LogP contribution is 2.38. The number of nitrogens with one attached hydrogen (secondary N) is 1. The molecule has 2 N–H and O–H groups in total. The quantitative estimate of drug-likeness (QED) is 0.827. The summed E-state index contributed by atoms with van der Waals surface area (Å²) >= 11 is 6.04. The lowest BCUT2D eigenvalue weighted by atomic mass is 9.93. The Morgan fingerprint density at radius 3 is 2.85 bits per heavy atom. The first-order chi connectivity index (χ1) is 12.3. The van der Waals surface area contributed by atoms with Gasteiger partial charge in [0.1, 0.15) is 6.54 Å². The maximum absolute atomic E-state index is 12.7. The summed E-state index contributed by atoms with van der Waals surface area (Å²) in [5, 5.41) is 16.0. The molecule has 9 heteroatoms. The van der Waals surface area contributed by atoms with Crippen LogP contribution in [0.4, 0.5) is 5.82 Å². The highest BCUT2D eigenvalue weighted by atomic mass is 35.5. The lowest BCUT2D eigenvalue weighted by Crippen LogP contribution is -2.30. The summed E-state index contributed by atoms with van der Waals surface area (Å²) in [7, 11) is 1.66. The van der Waals surface area contributed by atoms with Crippen molar-refractivity contribution in [2.75, 3.05) is 12.4 Å². The average molecular weight is 377 g/mol. The number of rotatable bonds is 5. The van der Waals surface area contributed by atoms with Gasteiger partial charge in [0.05, 0.1) is 12.0 Å². The Kier molecular flexibility index (Phi) is 4.94. The van der Waals surface area contributed by atoms with Gasteiger partial charge in [-0.2, -0.15) is 5.10 Å². The molecule has 0 aliphatic carbocycles. The molecular weight excluding hydrogens is 360 g/mol. The Morgan fingerprint density at radius 2 is 2.15 bits per heavy atom. The van der Waals surface area contributed by atoms with Crippen molar-refractivity contribution < 1.29 is 19.5 Å². The molecule has 8 nitrogen and oxygen atoms in total. The zero-order valence-electron chi connectivity index (χ0n) is 13.9. The number of nitrogens with zero attached hydrogens (tertiary/aromatic N) is 3. The minimum atomic E-state index is -1.03. The fourth-order valence-electron chi connectivity index (χ4n) is 3.13. The van der Waals surface area contributed by atoms with E-state index < -0.39 is 17.9 Å². The number of anilines is 1. The summed E-state index contributed by atoms with van der Waals surface area (Å²) in [6, 6.07) is 8.15. The van der Waals surface area contributed by atoms with E-state index in [0.29, 0.717) is 5.02 Å². The smallest absolute Gasteiger partial charge is 0.325 e. The summed E-state index contributed by atoms with van der Waals surface area (Å²) < 4.78 is 1.21. The number of carboxylic acid groups (broad SMARTS) is 1. The van der Waals surface area contributed by atoms with Crippen LogP contribution in [0.2, 0.25) is 5.02 Å². The van der Waals surface area contributed by atoms with Crippen LogP contribution in [0.5, 0.6) is 0 Å². The lowest BCUT2D eigenvalue weighted by Gasteiger charge is -2.24. The van der Waals surface area contributed by atoms with Gasteiger partial charge < -0.3 is 15.3 Å². The maximum Gasteiger partial charge on any atom is 0.325 e. The third kappa shape index (κ3) is 3.70. The molecule has 1 saturated heterocycles. The summed E-state index contributed by atoms with van der Waals surface area (Å²) in [6.07, 6.45) is 1.54. The molecule has 1 aliphatic heterocycles. The number of aromatic nitrogens is 2. The summed E-state index contributed by atoms with van der Waals surface area (Å²) in [5.74, 6) is -1.88. The molecule has 1 aromatic heterocycles. The van der Waals surface area contributed by atoms with Crippen LogP contribution in [-0.4, -0.2) is 44.6 Å². The molecule has 2 atom stereocenters. The lowest BCUT2D eigenvalue weighted by molar-refractivity contribution is -0.138. The van der Waals surface area contributed by atoms with Gasteiger partial charge in [-0.25, -0.2) is 0 Å². The Hall–Kier alpha value is -2.87. The van der Waals surface area contributed by atoms with E-state index in [1.807, 2.05) is 6.07 Å². The van der Waals surface area contributed by atoms with Crippen LogP contribution in [-0.2, 0) is 20.9 Å². The highest BCUT2D eigenvalue weighted by molar-refractivity contribution is 6.30. The first kappa shape index (κ1) is 17.9. The van der Waals surface area contributed by atoms with Gasteiger partial charge in [-0.3, -0.25) is 19.1 Å².